The van der Waals surface area contributed by atoms with Crippen molar-refractivity contribution in [2.24, 2.45) is 0 Å². The molecule has 0 saturated carbocycles. The number of nitrogens with zero attached hydrogens (tertiary/aromatic N) is 2. The third kappa shape index (κ3) is 4.52. The van der Waals surface area contributed by atoms with E-state index in [1.807, 2.05) is 19.0 Å². The molecule has 0 aliphatic carbocycles. The number of carbonyl (C=O) groups is 1. The van der Waals surface area contributed by atoms with Crippen molar-refractivity contribution in [1.29, 1.82) is 0 Å². The Morgan fingerprint density at radius 2 is 2.04 bits per heavy atom. The number of benzene rings is 1. The summed E-state index contributed by atoms with van der Waals surface area (Å²) in [5.74, 6) is -0.454. The standard InChI is InChI=1S/C15H16F3N3OS/c1-9-13(23-12(19-9)8-21(2)3)14(22)20-11-6-4-5-10(7-11)15(16,17)18/h4-7H,8H2,1-3H3,(H,20,22). The number of aromatic nitrogens is 1. The molecule has 0 bridgehead atoms. The quantitative estimate of drug-likeness (QED) is 0.919. The molecule has 4 nitrogen and oxygen atoms in total. The number of halogens is 3. The van der Waals surface area contributed by atoms with Crippen LogP contribution in [0.3, 0.4) is 0 Å². The molecule has 1 aromatic heterocycles. The van der Waals surface area contributed by atoms with Crippen molar-refractivity contribution < 1.29 is 18.0 Å². The molecule has 0 unspecified atom stereocenters. The van der Waals surface area contributed by atoms with E-state index in [4.69, 9.17) is 0 Å². The topological polar surface area (TPSA) is 45.2 Å². The Labute approximate surface area is 136 Å². The molecular weight excluding hydrogens is 327 g/mol. The molecule has 0 atom stereocenters. The summed E-state index contributed by atoms with van der Waals surface area (Å²) in [6.07, 6.45) is -4.44. The number of rotatable bonds is 4. The van der Waals surface area contributed by atoms with Crippen LogP contribution < -0.4 is 5.32 Å². The highest BCUT2D eigenvalue weighted by Gasteiger charge is 2.30. The minimum atomic E-state index is -4.44. The van der Waals surface area contributed by atoms with E-state index < -0.39 is 17.6 Å². The van der Waals surface area contributed by atoms with E-state index in [-0.39, 0.29) is 5.69 Å². The third-order valence-corrected chi connectivity index (χ3v) is 4.09. The van der Waals surface area contributed by atoms with E-state index in [1.165, 1.54) is 23.5 Å². The minimum absolute atomic E-state index is 0.104. The first kappa shape index (κ1) is 17.4. The van der Waals surface area contributed by atoms with Gasteiger partial charge in [-0.1, -0.05) is 6.07 Å². The summed E-state index contributed by atoms with van der Waals surface area (Å²) in [5.41, 5.74) is -0.132. The number of alkyl halides is 3. The molecular formula is C15H16F3N3OS. The molecule has 2 rings (SSSR count). The van der Waals surface area contributed by atoms with Gasteiger partial charge in [-0.05, 0) is 39.2 Å². The second kappa shape index (κ2) is 6.67. The molecule has 1 N–H and O–H groups in total. The van der Waals surface area contributed by atoms with Gasteiger partial charge in [0.1, 0.15) is 9.88 Å². The van der Waals surface area contributed by atoms with Crippen LogP contribution in [0.4, 0.5) is 18.9 Å². The number of amides is 1. The lowest BCUT2D eigenvalue weighted by molar-refractivity contribution is -0.137. The predicted molar refractivity (Wildman–Crippen MR) is 83.6 cm³/mol. The van der Waals surface area contributed by atoms with Crippen molar-refractivity contribution in [1.82, 2.24) is 9.88 Å². The van der Waals surface area contributed by atoms with Crippen LogP contribution >= 0.6 is 11.3 Å². The van der Waals surface area contributed by atoms with E-state index in [0.717, 1.165) is 17.1 Å². The van der Waals surface area contributed by atoms with Crippen LogP contribution in [0.2, 0.25) is 0 Å². The fraction of sp³-hybridized carbons (Fsp3) is 0.333. The van der Waals surface area contributed by atoms with Crippen LogP contribution in [0.5, 0.6) is 0 Å². The monoisotopic (exact) mass is 343 g/mol. The molecule has 1 heterocycles. The molecule has 23 heavy (non-hydrogen) atoms. The first-order valence-corrected chi connectivity index (χ1v) is 7.58. The van der Waals surface area contributed by atoms with Crippen molar-refractivity contribution in [2.75, 3.05) is 19.4 Å². The first-order chi connectivity index (χ1) is 10.7. The third-order valence-electron chi connectivity index (χ3n) is 2.95. The Morgan fingerprint density at radius 3 is 2.65 bits per heavy atom. The van der Waals surface area contributed by atoms with Gasteiger partial charge in [0.05, 0.1) is 11.3 Å². The van der Waals surface area contributed by atoms with Gasteiger partial charge in [-0.3, -0.25) is 4.79 Å². The molecule has 2 aromatic rings. The SMILES string of the molecule is Cc1nc(CN(C)C)sc1C(=O)Nc1cccc(C(F)(F)F)c1. The number of anilines is 1. The highest BCUT2D eigenvalue weighted by Crippen LogP contribution is 2.31. The van der Waals surface area contributed by atoms with Crippen LogP contribution in [-0.4, -0.2) is 29.9 Å². The molecule has 0 aliphatic heterocycles. The summed E-state index contributed by atoms with van der Waals surface area (Å²) >= 11 is 1.24. The molecule has 1 amide bonds. The maximum atomic E-state index is 12.7. The summed E-state index contributed by atoms with van der Waals surface area (Å²) in [6.45, 7) is 2.30. The summed E-state index contributed by atoms with van der Waals surface area (Å²) < 4.78 is 38.1. The van der Waals surface area contributed by atoms with Crippen molar-refractivity contribution >= 4 is 22.9 Å². The summed E-state index contributed by atoms with van der Waals surface area (Å²) in [6, 6.07) is 4.55. The second-order valence-corrected chi connectivity index (χ2v) is 6.38. The van der Waals surface area contributed by atoms with Crippen LogP contribution in [0.25, 0.3) is 0 Å². The summed E-state index contributed by atoms with van der Waals surface area (Å²) in [4.78, 5) is 18.9. The normalized spacial score (nSPS) is 11.8. The Hall–Kier alpha value is -1.93. The highest BCUT2D eigenvalue weighted by molar-refractivity contribution is 7.13. The number of nitrogens with one attached hydrogen (secondary N) is 1. The minimum Gasteiger partial charge on any atom is -0.321 e. The zero-order chi connectivity index (χ0) is 17.2. The average Bonchev–Trinajstić information content (AvgIpc) is 2.78. The first-order valence-electron chi connectivity index (χ1n) is 6.76. The van der Waals surface area contributed by atoms with E-state index in [1.54, 1.807) is 6.92 Å². The number of thiazole rings is 1. The lowest BCUT2D eigenvalue weighted by atomic mass is 10.2. The van der Waals surface area contributed by atoms with Gasteiger partial charge < -0.3 is 10.2 Å². The largest absolute Gasteiger partial charge is 0.416 e. The lowest BCUT2D eigenvalue weighted by Crippen LogP contribution is -2.13. The number of hydrogen-bond donors (Lipinski definition) is 1. The molecule has 1 aromatic carbocycles. The molecule has 0 saturated heterocycles. The smallest absolute Gasteiger partial charge is 0.321 e. The van der Waals surface area contributed by atoms with E-state index in [2.05, 4.69) is 10.3 Å². The number of carbonyl (C=O) groups excluding carboxylic acids is 1. The molecule has 0 aliphatic rings. The van der Waals surface area contributed by atoms with E-state index >= 15 is 0 Å². The van der Waals surface area contributed by atoms with Gasteiger partial charge in [0, 0.05) is 12.2 Å². The van der Waals surface area contributed by atoms with Crippen LogP contribution in [-0.2, 0) is 12.7 Å². The Kier molecular flexibility index (Phi) is 5.06. The zero-order valence-corrected chi connectivity index (χ0v) is 13.7. The Morgan fingerprint density at radius 1 is 1.35 bits per heavy atom. The summed E-state index contributed by atoms with van der Waals surface area (Å²) in [7, 11) is 3.78. The Bertz CT molecular complexity index is 710. The number of aryl methyl sites for hydroxylation is 1. The molecule has 0 spiro atoms. The van der Waals surface area contributed by atoms with Gasteiger partial charge in [-0.25, -0.2) is 4.98 Å². The second-order valence-electron chi connectivity index (χ2n) is 5.29. The van der Waals surface area contributed by atoms with Crippen LogP contribution in [0, 0.1) is 6.92 Å². The zero-order valence-electron chi connectivity index (χ0n) is 12.9. The van der Waals surface area contributed by atoms with Gasteiger partial charge in [0.2, 0.25) is 0 Å². The van der Waals surface area contributed by atoms with Gasteiger partial charge in [-0.15, -0.1) is 11.3 Å². The molecule has 8 heteroatoms. The molecule has 0 fully saturated rings. The fourth-order valence-electron chi connectivity index (χ4n) is 1.96. The highest BCUT2D eigenvalue weighted by atomic mass is 32.1. The van der Waals surface area contributed by atoms with Crippen LogP contribution in [0.1, 0.15) is 25.9 Å². The van der Waals surface area contributed by atoms with Crippen molar-refractivity contribution in [2.45, 2.75) is 19.6 Å². The molecule has 124 valence electrons. The maximum Gasteiger partial charge on any atom is 0.416 e. The molecule has 0 radical (unpaired) electrons. The van der Waals surface area contributed by atoms with E-state index in [0.29, 0.717) is 17.1 Å². The van der Waals surface area contributed by atoms with Gasteiger partial charge in [0.15, 0.2) is 0 Å². The lowest BCUT2D eigenvalue weighted by Gasteiger charge is -2.09. The van der Waals surface area contributed by atoms with Crippen molar-refractivity contribution in [3.63, 3.8) is 0 Å². The van der Waals surface area contributed by atoms with Crippen molar-refractivity contribution in [3.05, 3.63) is 45.4 Å². The van der Waals surface area contributed by atoms with Gasteiger partial charge in [-0.2, -0.15) is 13.2 Å². The van der Waals surface area contributed by atoms with Crippen LogP contribution in [0.15, 0.2) is 24.3 Å². The Balaban J connectivity index is 2.18. The number of hydrogen-bond acceptors (Lipinski definition) is 4. The summed E-state index contributed by atoms with van der Waals surface area (Å²) in [5, 5.41) is 3.28. The van der Waals surface area contributed by atoms with Crippen molar-refractivity contribution in [3.8, 4) is 0 Å². The van der Waals surface area contributed by atoms with E-state index in [9.17, 15) is 18.0 Å². The predicted octanol–water partition coefficient (Wildman–Crippen LogP) is 3.78. The average molecular weight is 343 g/mol. The maximum absolute atomic E-state index is 12.7. The fourth-order valence-corrected chi connectivity index (χ4v) is 3.04. The van der Waals surface area contributed by atoms with Gasteiger partial charge >= 0.3 is 6.18 Å². The van der Waals surface area contributed by atoms with Gasteiger partial charge in [0.25, 0.3) is 5.91 Å².